The number of hydrogen-bond acceptors (Lipinski definition) is 4. The molecular formula is C25H38N2O2. The standard InChI is InChI=1S/C25H38N2O2/c1-2-3-4-5-6-7-8-9-10-11-12-13-14-15-19-26-22-27-25-23(20-28)17-16-18-24(25)21-29/h16-17,25H,2-15,18-19H2,1H3. The third-order valence-electron chi connectivity index (χ3n) is 5.39. The van der Waals surface area contributed by atoms with Gasteiger partial charge in [-0.15, -0.1) is 0 Å². The lowest BCUT2D eigenvalue weighted by Gasteiger charge is -2.13. The molecule has 160 valence electrons. The summed E-state index contributed by atoms with van der Waals surface area (Å²) < 4.78 is 0. The summed E-state index contributed by atoms with van der Waals surface area (Å²) in [4.78, 5) is 30.2. The molecule has 0 aliphatic heterocycles. The van der Waals surface area contributed by atoms with Crippen LogP contribution in [-0.4, -0.2) is 30.5 Å². The van der Waals surface area contributed by atoms with E-state index in [4.69, 9.17) is 0 Å². The molecule has 0 radical (unpaired) electrons. The summed E-state index contributed by atoms with van der Waals surface area (Å²) in [5.74, 6) is 3.70. The molecule has 0 aromatic carbocycles. The van der Waals surface area contributed by atoms with Crippen LogP contribution in [0.15, 0.2) is 33.3 Å². The smallest absolute Gasteiger partial charge is 0.130 e. The van der Waals surface area contributed by atoms with Crippen molar-refractivity contribution < 1.29 is 9.59 Å². The zero-order valence-corrected chi connectivity index (χ0v) is 18.3. The van der Waals surface area contributed by atoms with Gasteiger partial charge in [0.25, 0.3) is 0 Å². The van der Waals surface area contributed by atoms with Crippen LogP contribution in [0.5, 0.6) is 0 Å². The molecule has 0 aromatic rings. The van der Waals surface area contributed by atoms with Crippen LogP contribution in [-0.2, 0) is 9.59 Å². The predicted molar refractivity (Wildman–Crippen MR) is 121 cm³/mol. The van der Waals surface area contributed by atoms with E-state index in [-0.39, 0.29) is 0 Å². The van der Waals surface area contributed by atoms with Crippen LogP contribution in [0, 0.1) is 0 Å². The molecule has 0 N–H and O–H groups in total. The molecule has 1 aliphatic carbocycles. The van der Waals surface area contributed by atoms with Crippen molar-refractivity contribution >= 4 is 17.9 Å². The first-order chi connectivity index (χ1) is 14.3. The third kappa shape index (κ3) is 12.2. The normalized spacial score (nSPS) is 15.6. The van der Waals surface area contributed by atoms with Crippen molar-refractivity contribution in [3.05, 3.63) is 23.3 Å². The molecule has 4 nitrogen and oxygen atoms in total. The van der Waals surface area contributed by atoms with Gasteiger partial charge in [-0.1, -0.05) is 96.5 Å². The highest BCUT2D eigenvalue weighted by Gasteiger charge is 2.21. The Bertz CT molecular complexity index is 631. The molecule has 0 heterocycles. The summed E-state index contributed by atoms with van der Waals surface area (Å²) in [5, 5.41) is 0. The monoisotopic (exact) mass is 398 g/mol. The maximum Gasteiger partial charge on any atom is 0.130 e. The van der Waals surface area contributed by atoms with Crippen molar-refractivity contribution in [1.29, 1.82) is 0 Å². The zero-order chi connectivity index (χ0) is 21.0. The van der Waals surface area contributed by atoms with Crippen molar-refractivity contribution in [3.8, 4) is 0 Å². The Balaban J connectivity index is 2.00. The van der Waals surface area contributed by atoms with E-state index in [9.17, 15) is 9.59 Å². The van der Waals surface area contributed by atoms with Gasteiger partial charge in [0, 0.05) is 12.1 Å². The first-order valence-corrected chi connectivity index (χ1v) is 11.6. The van der Waals surface area contributed by atoms with Crippen molar-refractivity contribution in [2.75, 3.05) is 6.54 Å². The highest BCUT2D eigenvalue weighted by atomic mass is 16.1. The van der Waals surface area contributed by atoms with E-state index in [1.165, 1.54) is 83.5 Å². The van der Waals surface area contributed by atoms with Gasteiger partial charge in [0.2, 0.25) is 0 Å². The number of carbonyl (C=O) groups excluding carboxylic acids is 2. The molecule has 0 amide bonds. The fraction of sp³-hybridized carbons (Fsp3) is 0.720. The van der Waals surface area contributed by atoms with Gasteiger partial charge in [0.05, 0.1) is 11.6 Å². The first-order valence-electron chi connectivity index (χ1n) is 11.6. The van der Waals surface area contributed by atoms with Crippen LogP contribution in [0.3, 0.4) is 0 Å². The predicted octanol–water partition coefficient (Wildman–Crippen LogP) is 6.49. The Kier molecular flexibility index (Phi) is 15.6. The Morgan fingerprint density at radius 3 is 1.90 bits per heavy atom. The molecule has 0 saturated heterocycles. The van der Waals surface area contributed by atoms with Gasteiger partial charge in [0.1, 0.15) is 17.9 Å². The van der Waals surface area contributed by atoms with Crippen LogP contribution in [0.1, 0.15) is 103 Å². The minimum absolute atomic E-state index is 0.341. The highest BCUT2D eigenvalue weighted by molar-refractivity contribution is 5.69. The van der Waals surface area contributed by atoms with Gasteiger partial charge < -0.3 is 0 Å². The molecule has 1 atom stereocenters. The van der Waals surface area contributed by atoms with Crippen LogP contribution >= 0.6 is 0 Å². The van der Waals surface area contributed by atoms with E-state index in [2.05, 4.69) is 22.9 Å². The summed E-state index contributed by atoms with van der Waals surface area (Å²) >= 11 is 0. The number of rotatable bonds is 16. The lowest BCUT2D eigenvalue weighted by atomic mass is 9.93. The molecule has 0 bridgehead atoms. The van der Waals surface area contributed by atoms with Crippen LogP contribution < -0.4 is 0 Å². The van der Waals surface area contributed by atoms with Crippen LogP contribution in [0.2, 0.25) is 0 Å². The SMILES string of the molecule is CCCCCCCCCCCCCCCCN=C=NC1C(=C=O)C=CCC1=C=O. The van der Waals surface area contributed by atoms with E-state index in [1.807, 2.05) is 11.9 Å². The van der Waals surface area contributed by atoms with Crippen molar-refractivity contribution in [3.63, 3.8) is 0 Å². The van der Waals surface area contributed by atoms with E-state index in [1.54, 1.807) is 12.2 Å². The summed E-state index contributed by atoms with van der Waals surface area (Å²) in [7, 11) is 0. The van der Waals surface area contributed by atoms with E-state index in [0.717, 1.165) is 6.42 Å². The largest absolute Gasteiger partial charge is 0.233 e. The van der Waals surface area contributed by atoms with Gasteiger partial charge in [-0.3, -0.25) is 0 Å². The second-order valence-corrected chi connectivity index (χ2v) is 7.90. The quantitative estimate of drug-likeness (QED) is 0.169. The number of hydrogen-bond donors (Lipinski definition) is 0. The van der Waals surface area contributed by atoms with Gasteiger partial charge in [-0.25, -0.2) is 19.6 Å². The highest BCUT2D eigenvalue weighted by Crippen LogP contribution is 2.21. The topological polar surface area (TPSA) is 58.9 Å². The number of unbranched alkanes of at least 4 members (excludes halogenated alkanes) is 13. The summed E-state index contributed by atoms with van der Waals surface area (Å²) in [5.41, 5.74) is 0.777. The fourth-order valence-corrected chi connectivity index (χ4v) is 3.57. The minimum atomic E-state index is -0.616. The zero-order valence-electron chi connectivity index (χ0n) is 18.3. The second-order valence-electron chi connectivity index (χ2n) is 7.90. The van der Waals surface area contributed by atoms with E-state index >= 15 is 0 Å². The molecule has 1 rings (SSSR count). The van der Waals surface area contributed by atoms with E-state index in [0.29, 0.717) is 24.1 Å². The molecule has 0 saturated carbocycles. The number of nitrogens with zero attached hydrogens (tertiary/aromatic N) is 2. The van der Waals surface area contributed by atoms with Crippen molar-refractivity contribution in [2.45, 2.75) is 109 Å². The molecule has 4 heteroatoms. The van der Waals surface area contributed by atoms with Gasteiger partial charge in [-0.05, 0) is 18.9 Å². The lowest BCUT2D eigenvalue weighted by molar-refractivity contribution is 0.536. The molecule has 0 aromatic heterocycles. The first kappa shape index (κ1) is 25.1. The summed E-state index contributed by atoms with van der Waals surface area (Å²) in [6.07, 6.45) is 22.5. The number of aliphatic imine (C=N–C) groups is 2. The van der Waals surface area contributed by atoms with Crippen molar-refractivity contribution in [1.82, 2.24) is 0 Å². The van der Waals surface area contributed by atoms with Gasteiger partial charge in [0.15, 0.2) is 0 Å². The molecular weight excluding hydrogens is 360 g/mol. The van der Waals surface area contributed by atoms with Crippen LogP contribution in [0.4, 0.5) is 0 Å². The molecule has 29 heavy (non-hydrogen) atoms. The average Bonchev–Trinajstić information content (AvgIpc) is 2.75. The average molecular weight is 399 g/mol. The molecule has 0 spiro atoms. The number of allylic oxidation sites excluding steroid dienone is 1. The van der Waals surface area contributed by atoms with Crippen LogP contribution in [0.25, 0.3) is 0 Å². The Morgan fingerprint density at radius 2 is 1.38 bits per heavy atom. The Hall–Kier alpha value is -1.98. The Labute approximate surface area is 177 Å². The third-order valence-corrected chi connectivity index (χ3v) is 5.39. The maximum atomic E-state index is 11.0. The van der Waals surface area contributed by atoms with Gasteiger partial charge in [-0.2, -0.15) is 0 Å². The summed E-state index contributed by atoms with van der Waals surface area (Å²) in [6.45, 7) is 2.95. The Morgan fingerprint density at radius 1 is 0.828 bits per heavy atom. The maximum absolute atomic E-state index is 11.0. The fourth-order valence-electron chi connectivity index (χ4n) is 3.57. The van der Waals surface area contributed by atoms with E-state index < -0.39 is 6.04 Å². The lowest BCUT2D eigenvalue weighted by Crippen LogP contribution is -2.14. The molecule has 1 aliphatic rings. The molecule has 1 unspecified atom stereocenters. The second kappa shape index (κ2) is 18.1. The molecule has 0 fully saturated rings. The van der Waals surface area contributed by atoms with Gasteiger partial charge >= 0.3 is 0 Å². The minimum Gasteiger partial charge on any atom is -0.233 e. The van der Waals surface area contributed by atoms with Crippen molar-refractivity contribution in [2.24, 2.45) is 9.98 Å². The summed E-state index contributed by atoms with van der Waals surface area (Å²) in [6, 6.07) is 2.03.